The molecule has 1 aromatic carbocycles. The molecule has 2 fully saturated rings. The predicted molar refractivity (Wildman–Crippen MR) is 98.8 cm³/mol. The van der Waals surface area contributed by atoms with Crippen molar-refractivity contribution in [1.82, 2.24) is 24.6 Å². The van der Waals surface area contributed by atoms with Crippen molar-refractivity contribution < 1.29 is 4.79 Å². The molecule has 2 aliphatic rings. The largest absolute Gasteiger partial charge is 0.361 e. The second-order valence-corrected chi connectivity index (χ2v) is 7.70. The Morgan fingerprint density at radius 3 is 3.00 bits per heavy atom. The van der Waals surface area contributed by atoms with Gasteiger partial charge in [0.1, 0.15) is 12.2 Å². The normalized spacial score (nSPS) is 20.2. The number of hydrogen-bond donors (Lipinski definition) is 1. The summed E-state index contributed by atoms with van der Waals surface area (Å²) in [6.45, 7) is 2.67. The molecular weight excluding hydrogens is 326 g/mol. The number of likely N-dealkylation sites (tertiary alicyclic amines) is 1. The molecule has 1 N–H and O–H groups in total. The van der Waals surface area contributed by atoms with E-state index in [9.17, 15) is 4.79 Å². The van der Waals surface area contributed by atoms with Gasteiger partial charge >= 0.3 is 0 Å². The van der Waals surface area contributed by atoms with Crippen LogP contribution in [-0.4, -0.2) is 43.6 Å². The number of hydrogen-bond acceptors (Lipinski definition) is 3. The highest BCUT2D eigenvalue weighted by atomic mass is 16.2. The van der Waals surface area contributed by atoms with E-state index in [1.54, 1.807) is 0 Å². The number of nitrogens with one attached hydrogen (secondary N) is 1. The van der Waals surface area contributed by atoms with Crippen molar-refractivity contribution in [1.29, 1.82) is 0 Å². The number of fused-ring (bicyclic) bond motifs is 1. The topological polar surface area (TPSA) is 66.8 Å². The highest BCUT2D eigenvalue weighted by Crippen LogP contribution is 2.31. The number of carbonyl (C=O) groups is 1. The van der Waals surface area contributed by atoms with E-state index in [2.05, 4.69) is 19.7 Å². The fourth-order valence-corrected chi connectivity index (χ4v) is 4.05. The predicted octanol–water partition coefficient (Wildman–Crippen LogP) is 2.87. The first-order valence-electron chi connectivity index (χ1n) is 9.50. The summed E-state index contributed by atoms with van der Waals surface area (Å²) in [5, 5.41) is 9.44. The van der Waals surface area contributed by atoms with Crippen molar-refractivity contribution in [2.24, 2.45) is 11.8 Å². The molecule has 1 saturated heterocycles. The van der Waals surface area contributed by atoms with Gasteiger partial charge in [0.15, 0.2) is 0 Å². The number of carbonyl (C=O) groups excluding carboxylic acids is 1. The number of aromatic nitrogens is 4. The third-order valence-electron chi connectivity index (χ3n) is 5.72. The molecule has 0 spiro atoms. The lowest BCUT2D eigenvalue weighted by Crippen LogP contribution is -2.29. The Morgan fingerprint density at radius 1 is 1.19 bits per heavy atom. The monoisotopic (exact) mass is 349 g/mol. The van der Waals surface area contributed by atoms with E-state index in [1.165, 1.54) is 12.8 Å². The minimum atomic E-state index is 0.136. The van der Waals surface area contributed by atoms with E-state index >= 15 is 0 Å². The molecule has 0 radical (unpaired) electrons. The van der Waals surface area contributed by atoms with E-state index in [4.69, 9.17) is 0 Å². The second-order valence-electron chi connectivity index (χ2n) is 7.70. The maximum absolute atomic E-state index is 13.0. The standard InChI is InChI=1S/C20H23N5O/c26-20(17-2-1-3-18-16(17)6-8-21-18)24-9-7-15(12-24)10-19-23-22-13-25(19)11-14-4-5-14/h1-3,6,8,13-15,21H,4-5,7,9-12H2. The second kappa shape index (κ2) is 6.27. The number of aromatic amines is 1. The van der Waals surface area contributed by atoms with Crippen LogP contribution in [0.4, 0.5) is 0 Å². The van der Waals surface area contributed by atoms with Crippen LogP contribution in [-0.2, 0) is 13.0 Å². The molecule has 1 saturated carbocycles. The molecule has 6 nitrogen and oxygen atoms in total. The van der Waals surface area contributed by atoms with E-state index < -0.39 is 0 Å². The minimum absolute atomic E-state index is 0.136. The zero-order valence-corrected chi connectivity index (χ0v) is 14.8. The van der Waals surface area contributed by atoms with Crippen molar-refractivity contribution in [3.8, 4) is 0 Å². The lowest BCUT2D eigenvalue weighted by atomic mass is 10.0. The first-order chi connectivity index (χ1) is 12.8. The van der Waals surface area contributed by atoms with Gasteiger partial charge in [-0.15, -0.1) is 10.2 Å². The van der Waals surface area contributed by atoms with Crippen LogP contribution in [0.15, 0.2) is 36.8 Å². The summed E-state index contributed by atoms with van der Waals surface area (Å²) in [6, 6.07) is 7.86. The summed E-state index contributed by atoms with van der Waals surface area (Å²) in [5.74, 6) is 2.49. The Morgan fingerprint density at radius 2 is 2.12 bits per heavy atom. The van der Waals surface area contributed by atoms with Crippen LogP contribution in [0.3, 0.4) is 0 Å². The van der Waals surface area contributed by atoms with E-state index in [0.29, 0.717) is 5.92 Å². The molecule has 26 heavy (non-hydrogen) atoms. The minimum Gasteiger partial charge on any atom is -0.361 e. The Balaban J connectivity index is 1.28. The van der Waals surface area contributed by atoms with Crippen LogP contribution < -0.4 is 0 Å². The summed E-state index contributed by atoms with van der Waals surface area (Å²) in [5.41, 5.74) is 1.81. The van der Waals surface area contributed by atoms with Crippen LogP contribution in [0.2, 0.25) is 0 Å². The quantitative estimate of drug-likeness (QED) is 0.770. The van der Waals surface area contributed by atoms with Crippen molar-refractivity contribution in [3.63, 3.8) is 0 Å². The van der Waals surface area contributed by atoms with Gasteiger partial charge in [-0.1, -0.05) is 6.07 Å². The number of rotatable bonds is 5. The number of benzene rings is 1. The zero-order valence-electron chi connectivity index (χ0n) is 14.8. The first kappa shape index (κ1) is 15.6. The van der Waals surface area contributed by atoms with Crippen molar-refractivity contribution >= 4 is 16.8 Å². The molecule has 0 bridgehead atoms. The smallest absolute Gasteiger partial charge is 0.254 e. The lowest BCUT2D eigenvalue weighted by Gasteiger charge is -2.17. The Labute approximate surface area is 152 Å². The summed E-state index contributed by atoms with van der Waals surface area (Å²) in [6.07, 6.45) is 8.34. The Bertz CT molecular complexity index is 938. The summed E-state index contributed by atoms with van der Waals surface area (Å²) in [4.78, 5) is 18.2. The van der Waals surface area contributed by atoms with Crippen LogP contribution in [0.1, 0.15) is 35.4 Å². The van der Waals surface area contributed by atoms with Crippen LogP contribution in [0, 0.1) is 11.8 Å². The molecule has 1 aliphatic carbocycles. The summed E-state index contributed by atoms with van der Waals surface area (Å²) in [7, 11) is 0. The third-order valence-corrected chi connectivity index (χ3v) is 5.72. The molecule has 6 heteroatoms. The van der Waals surface area contributed by atoms with Crippen LogP contribution in [0.25, 0.3) is 10.9 Å². The van der Waals surface area contributed by atoms with Gasteiger partial charge in [0.05, 0.1) is 0 Å². The maximum atomic E-state index is 13.0. The molecule has 5 rings (SSSR count). The van der Waals surface area contributed by atoms with E-state index in [-0.39, 0.29) is 5.91 Å². The molecule has 1 atom stereocenters. The fraction of sp³-hybridized carbons (Fsp3) is 0.450. The average molecular weight is 349 g/mol. The van der Waals surface area contributed by atoms with Gasteiger partial charge in [-0.25, -0.2) is 0 Å². The molecular formula is C20H23N5O. The Kier molecular flexibility index (Phi) is 3.76. The van der Waals surface area contributed by atoms with Crippen molar-refractivity contribution in [3.05, 3.63) is 48.2 Å². The number of H-pyrrole nitrogens is 1. The highest BCUT2D eigenvalue weighted by Gasteiger charge is 2.30. The zero-order chi connectivity index (χ0) is 17.5. The molecule has 3 aromatic rings. The number of amides is 1. The van der Waals surface area contributed by atoms with Gasteiger partial charge in [0, 0.05) is 48.7 Å². The molecule has 1 aliphatic heterocycles. The van der Waals surface area contributed by atoms with E-state index in [0.717, 1.165) is 60.7 Å². The SMILES string of the molecule is O=C(c1cccc2[nH]ccc12)N1CCC(Cc2nncn2CC2CC2)C1. The van der Waals surface area contributed by atoms with Gasteiger partial charge in [-0.3, -0.25) is 4.79 Å². The van der Waals surface area contributed by atoms with Crippen LogP contribution >= 0.6 is 0 Å². The molecule has 3 heterocycles. The molecule has 2 aromatic heterocycles. The maximum Gasteiger partial charge on any atom is 0.254 e. The van der Waals surface area contributed by atoms with E-state index in [1.807, 2.05) is 41.7 Å². The van der Waals surface area contributed by atoms with Gasteiger partial charge < -0.3 is 14.5 Å². The van der Waals surface area contributed by atoms with Crippen molar-refractivity contribution in [2.75, 3.05) is 13.1 Å². The third kappa shape index (κ3) is 2.89. The van der Waals surface area contributed by atoms with Crippen molar-refractivity contribution in [2.45, 2.75) is 32.2 Å². The average Bonchev–Trinajstić information content (AvgIpc) is 3.06. The lowest BCUT2D eigenvalue weighted by molar-refractivity contribution is 0.0789. The first-order valence-corrected chi connectivity index (χ1v) is 9.50. The van der Waals surface area contributed by atoms with Gasteiger partial charge in [0.2, 0.25) is 0 Å². The van der Waals surface area contributed by atoms with Gasteiger partial charge in [-0.05, 0) is 49.3 Å². The summed E-state index contributed by atoms with van der Waals surface area (Å²) >= 11 is 0. The Hall–Kier alpha value is -2.63. The van der Waals surface area contributed by atoms with Gasteiger partial charge in [-0.2, -0.15) is 0 Å². The molecule has 1 unspecified atom stereocenters. The number of nitrogens with zero attached hydrogens (tertiary/aromatic N) is 4. The highest BCUT2D eigenvalue weighted by molar-refractivity contribution is 6.06. The molecule has 1 amide bonds. The van der Waals surface area contributed by atoms with Gasteiger partial charge in [0.25, 0.3) is 5.91 Å². The summed E-state index contributed by atoms with van der Waals surface area (Å²) < 4.78 is 2.21. The fourth-order valence-electron chi connectivity index (χ4n) is 4.05. The molecule has 134 valence electrons. The van der Waals surface area contributed by atoms with Crippen LogP contribution in [0.5, 0.6) is 0 Å².